The molecule has 0 aromatic heterocycles. The van der Waals surface area contributed by atoms with Gasteiger partial charge >= 0.3 is 5.97 Å². The van der Waals surface area contributed by atoms with Crippen LogP contribution in [-0.4, -0.2) is 46.8 Å². The van der Waals surface area contributed by atoms with Crippen molar-refractivity contribution in [2.75, 3.05) is 5.75 Å². The van der Waals surface area contributed by atoms with Crippen LogP contribution in [0.4, 0.5) is 0 Å². The minimum Gasteiger partial charge on any atom is -0.480 e. The van der Waals surface area contributed by atoms with Gasteiger partial charge in [-0.25, -0.2) is 4.79 Å². The van der Waals surface area contributed by atoms with Crippen molar-refractivity contribution >= 4 is 30.4 Å². The predicted octanol–water partition coefficient (Wildman–Crippen LogP) is -0.000200. The number of thiol groups is 1. The quantitative estimate of drug-likeness (QED) is 0.380. The van der Waals surface area contributed by atoms with Crippen molar-refractivity contribution < 1.29 is 19.5 Å². The van der Waals surface area contributed by atoms with E-state index in [0.29, 0.717) is 6.42 Å². The van der Waals surface area contributed by atoms with Gasteiger partial charge in [0.05, 0.1) is 6.04 Å². The monoisotopic (exact) mass is 333 g/mol. The summed E-state index contributed by atoms with van der Waals surface area (Å²) in [6.45, 7) is 7.41. The molecular formula is C14H27N3O4S. The Morgan fingerprint density at radius 3 is 2.00 bits per heavy atom. The third-order valence-electron chi connectivity index (χ3n) is 3.11. The standard InChI is InChI=1S/C14H27N3O4S/c1-7(2)5-9(15)12(18)17-11(8(3)4)13(19)16-10(6-22)14(20)21/h7-11,22H,5-6,15H2,1-4H3,(H,16,19)(H,17,18)(H,20,21). The van der Waals surface area contributed by atoms with E-state index in [-0.39, 0.29) is 17.6 Å². The lowest BCUT2D eigenvalue weighted by atomic mass is 10.0. The summed E-state index contributed by atoms with van der Waals surface area (Å²) in [7, 11) is 0. The van der Waals surface area contributed by atoms with E-state index in [9.17, 15) is 14.4 Å². The van der Waals surface area contributed by atoms with Crippen LogP contribution in [0.2, 0.25) is 0 Å². The molecule has 7 nitrogen and oxygen atoms in total. The zero-order chi connectivity index (χ0) is 17.4. The van der Waals surface area contributed by atoms with Crippen LogP contribution in [-0.2, 0) is 14.4 Å². The number of nitrogens with two attached hydrogens (primary N) is 1. The number of carbonyl (C=O) groups is 3. The maximum absolute atomic E-state index is 12.2. The van der Waals surface area contributed by atoms with Gasteiger partial charge in [-0.05, 0) is 18.3 Å². The first-order chi connectivity index (χ1) is 10.1. The minimum atomic E-state index is -1.17. The summed E-state index contributed by atoms with van der Waals surface area (Å²) < 4.78 is 0. The van der Waals surface area contributed by atoms with E-state index < -0.39 is 35.9 Å². The van der Waals surface area contributed by atoms with Crippen molar-refractivity contribution in [2.45, 2.75) is 52.2 Å². The van der Waals surface area contributed by atoms with Gasteiger partial charge in [0.1, 0.15) is 12.1 Å². The van der Waals surface area contributed by atoms with E-state index in [1.807, 2.05) is 13.8 Å². The van der Waals surface area contributed by atoms with E-state index in [1.54, 1.807) is 13.8 Å². The lowest BCUT2D eigenvalue weighted by molar-refractivity contribution is -0.141. The Kier molecular flexibility index (Phi) is 9.12. The zero-order valence-electron chi connectivity index (χ0n) is 13.5. The smallest absolute Gasteiger partial charge is 0.327 e. The van der Waals surface area contributed by atoms with Crippen LogP contribution < -0.4 is 16.4 Å². The SMILES string of the molecule is CC(C)CC(N)C(=O)NC(C(=O)NC(CS)C(=O)O)C(C)C. The molecule has 0 heterocycles. The van der Waals surface area contributed by atoms with E-state index in [0.717, 1.165) is 0 Å². The molecule has 0 aromatic carbocycles. The zero-order valence-corrected chi connectivity index (χ0v) is 14.4. The van der Waals surface area contributed by atoms with Gasteiger partial charge in [-0.2, -0.15) is 12.6 Å². The van der Waals surface area contributed by atoms with Gasteiger partial charge in [0.2, 0.25) is 11.8 Å². The van der Waals surface area contributed by atoms with Crippen molar-refractivity contribution in [1.29, 1.82) is 0 Å². The fourth-order valence-electron chi connectivity index (χ4n) is 1.86. The molecule has 0 aliphatic heterocycles. The van der Waals surface area contributed by atoms with E-state index in [2.05, 4.69) is 23.3 Å². The average molecular weight is 333 g/mol. The minimum absolute atomic E-state index is 0.0350. The van der Waals surface area contributed by atoms with E-state index >= 15 is 0 Å². The van der Waals surface area contributed by atoms with Crippen molar-refractivity contribution in [2.24, 2.45) is 17.6 Å². The molecule has 0 radical (unpaired) electrons. The van der Waals surface area contributed by atoms with Gasteiger partial charge in [0.15, 0.2) is 0 Å². The lowest BCUT2D eigenvalue weighted by Crippen LogP contribution is -2.56. The van der Waals surface area contributed by atoms with Gasteiger partial charge in [-0.3, -0.25) is 9.59 Å². The Bertz CT molecular complexity index is 402. The topological polar surface area (TPSA) is 122 Å². The molecule has 0 aromatic rings. The summed E-state index contributed by atoms with van der Waals surface area (Å²) in [5.74, 6) is -2.13. The molecule has 3 atom stereocenters. The molecule has 0 spiro atoms. The summed E-state index contributed by atoms with van der Waals surface area (Å²) >= 11 is 3.89. The van der Waals surface area contributed by atoms with Crippen LogP contribution in [0.15, 0.2) is 0 Å². The van der Waals surface area contributed by atoms with E-state index in [4.69, 9.17) is 10.8 Å². The maximum atomic E-state index is 12.2. The van der Waals surface area contributed by atoms with Gasteiger partial charge in [0, 0.05) is 5.75 Å². The van der Waals surface area contributed by atoms with Crippen LogP contribution in [0.5, 0.6) is 0 Å². The van der Waals surface area contributed by atoms with Crippen LogP contribution >= 0.6 is 12.6 Å². The fourth-order valence-corrected chi connectivity index (χ4v) is 2.10. The number of carboxylic acid groups (broad SMARTS) is 1. The summed E-state index contributed by atoms with van der Waals surface area (Å²) in [6, 6.07) is -2.64. The largest absolute Gasteiger partial charge is 0.480 e. The average Bonchev–Trinajstić information content (AvgIpc) is 2.39. The molecule has 0 bridgehead atoms. The molecule has 0 aliphatic carbocycles. The Morgan fingerprint density at radius 2 is 1.64 bits per heavy atom. The Balaban J connectivity index is 4.82. The molecule has 5 N–H and O–H groups in total. The third-order valence-corrected chi connectivity index (χ3v) is 3.47. The van der Waals surface area contributed by atoms with Crippen LogP contribution in [0.25, 0.3) is 0 Å². The predicted molar refractivity (Wildman–Crippen MR) is 87.6 cm³/mol. The molecule has 8 heteroatoms. The van der Waals surface area contributed by atoms with Gasteiger partial charge < -0.3 is 21.5 Å². The number of aliphatic carboxylic acids is 1. The van der Waals surface area contributed by atoms with E-state index in [1.165, 1.54) is 0 Å². The summed E-state index contributed by atoms with van der Waals surface area (Å²) in [6.07, 6.45) is 0.507. The lowest BCUT2D eigenvalue weighted by Gasteiger charge is -2.25. The van der Waals surface area contributed by atoms with Crippen LogP contribution in [0, 0.1) is 11.8 Å². The molecule has 0 rings (SSSR count). The second-order valence-electron chi connectivity index (χ2n) is 6.05. The molecule has 0 aliphatic rings. The van der Waals surface area contributed by atoms with Gasteiger partial charge in [-0.1, -0.05) is 27.7 Å². The fraction of sp³-hybridized carbons (Fsp3) is 0.786. The molecule has 128 valence electrons. The van der Waals surface area contributed by atoms with Crippen molar-refractivity contribution in [3.8, 4) is 0 Å². The molecule has 0 saturated carbocycles. The molecule has 2 amide bonds. The number of carboxylic acids is 1. The highest BCUT2D eigenvalue weighted by molar-refractivity contribution is 7.80. The molecule has 3 unspecified atom stereocenters. The second-order valence-corrected chi connectivity index (χ2v) is 6.41. The first-order valence-corrected chi connectivity index (χ1v) is 7.93. The van der Waals surface area contributed by atoms with Crippen molar-refractivity contribution in [1.82, 2.24) is 10.6 Å². The van der Waals surface area contributed by atoms with Crippen molar-refractivity contribution in [3.63, 3.8) is 0 Å². The molecule has 0 fully saturated rings. The number of rotatable bonds is 9. The molecule has 0 saturated heterocycles. The highest BCUT2D eigenvalue weighted by Crippen LogP contribution is 2.06. The van der Waals surface area contributed by atoms with Crippen molar-refractivity contribution in [3.05, 3.63) is 0 Å². The molecule has 22 heavy (non-hydrogen) atoms. The third kappa shape index (κ3) is 7.13. The normalized spacial score (nSPS) is 15.3. The second kappa shape index (κ2) is 9.68. The number of hydrogen-bond donors (Lipinski definition) is 5. The molecular weight excluding hydrogens is 306 g/mol. The van der Waals surface area contributed by atoms with Crippen LogP contribution in [0.1, 0.15) is 34.1 Å². The van der Waals surface area contributed by atoms with Gasteiger partial charge in [0.25, 0.3) is 0 Å². The first-order valence-electron chi connectivity index (χ1n) is 7.30. The number of amides is 2. The first kappa shape index (κ1) is 20.7. The highest BCUT2D eigenvalue weighted by atomic mass is 32.1. The van der Waals surface area contributed by atoms with Crippen LogP contribution in [0.3, 0.4) is 0 Å². The summed E-state index contributed by atoms with van der Waals surface area (Å²) in [5, 5.41) is 13.9. The summed E-state index contributed by atoms with van der Waals surface area (Å²) in [4.78, 5) is 35.2. The summed E-state index contributed by atoms with van der Waals surface area (Å²) in [5.41, 5.74) is 5.79. The highest BCUT2D eigenvalue weighted by Gasteiger charge is 2.29. The Hall–Kier alpha value is -1.28. The number of hydrogen-bond acceptors (Lipinski definition) is 5. The Labute approximate surface area is 136 Å². The maximum Gasteiger partial charge on any atom is 0.327 e. The number of carbonyl (C=O) groups excluding carboxylic acids is 2. The van der Waals surface area contributed by atoms with Gasteiger partial charge in [-0.15, -0.1) is 0 Å². The number of nitrogens with one attached hydrogen (secondary N) is 2. The Morgan fingerprint density at radius 1 is 1.09 bits per heavy atom.